The molecule has 4 N–H and O–H groups in total. The van der Waals surface area contributed by atoms with E-state index in [9.17, 15) is 10.2 Å². The fourth-order valence-corrected chi connectivity index (χ4v) is 2.82. The molecule has 2 aromatic rings. The van der Waals surface area contributed by atoms with Crippen molar-refractivity contribution < 1.29 is 88.4 Å². The first-order valence-corrected chi connectivity index (χ1v) is 9.00. The van der Waals surface area contributed by atoms with E-state index in [0.29, 0.717) is 0 Å². The number of nitrogens with two attached hydrogens (primary N) is 1. The van der Waals surface area contributed by atoms with E-state index in [1.54, 1.807) is 0 Å². The molecule has 0 radical (unpaired) electrons. The number of nitrogen functional groups attached to an aromatic ring is 1. The standard InChI is InChI=1S/C10H12N5O6PS.2Na/c11-8-5-9(13-2-12-8)15(3-14-5)10-7(17)6(16)4(21-10)1-20-22(18,19)23;;/h2-4,6-7,10H,1H2,(H2,11,12,13)(H2,18,19,23);;/q-2;2*+1/t4-,6-,7-,10-;;/m1../s1. The maximum atomic E-state index is 12.2. The number of hydrogen-bond donors (Lipinski definition) is 3. The zero-order valence-electron chi connectivity index (χ0n) is 13.4. The number of rotatable bonds is 4. The summed E-state index contributed by atoms with van der Waals surface area (Å²) in [6.45, 7) is -4.42. The van der Waals surface area contributed by atoms with Gasteiger partial charge in [-0.3, -0.25) is 4.57 Å². The van der Waals surface area contributed by atoms with Crippen LogP contribution in [0.1, 0.15) is 6.23 Å². The number of anilines is 1. The Morgan fingerprint density at radius 1 is 1.28 bits per heavy atom. The Morgan fingerprint density at radius 2 is 1.96 bits per heavy atom. The number of imidazole rings is 1. The molecule has 11 nitrogen and oxygen atoms in total. The fourth-order valence-electron chi connectivity index (χ4n) is 2.29. The molecule has 3 heterocycles. The van der Waals surface area contributed by atoms with Crippen LogP contribution < -0.4 is 75.1 Å². The molecule has 1 fully saturated rings. The number of aromatic nitrogens is 4. The van der Waals surface area contributed by atoms with Gasteiger partial charge in [-0.05, 0) is 11.8 Å². The number of nitrogens with zero attached hydrogens (tertiary/aromatic N) is 4. The summed E-state index contributed by atoms with van der Waals surface area (Å²) in [5.41, 5.74) is 6.20. The van der Waals surface area contributed by atoms with E-state index < -0.39 is 37.9 Å². The van der Waals surface area contributed by atoms with Gasteiger partial charge in [0, 0.05) is 0 Å². The minimum Gasteiger partial charge on any atom is -0.851 e. The van der Waals surface area contributed by atoms with Crippen molar-refractivity contribution in [2.45, 2.75) is 24.5 Å². The van der Waals surface area contributed by atoms with Crippen LogP contribution in [-0.2, 0) is 21.1 Å². The third-order valence-electron chi connectivity index (χ3n) is 3.35. The smallest absolute Gasteiger partial charge is 0.851 e. The van der Waals surface area contributed by atoms with E-state index in [0.717, 1.165) is 0 Å². The Labute approximate surface area is 191 Å². The van der Waals surface area contributed by atoms with Crippen molar-refractivity contribution in [1.82, 2.24) is 19.5 Å². The van der Waals surface area contributed by atoms with Crippen molar-refractivity contribution in [3.8, 4) is 0 Å². The molecule has 3 rings (SSSR count). The molecule has 0 bridgehead atoms. The van der Waals surface area contributed by atoms with Crippen LogP contribution in [-0.4, -0.2) is 54.2 Å². The van der Waals surface area contributed by atoms with Crippen molar-refractivity contribution in [3.05, 3.63) is 12.7 Å². The summed E-state index contributed by atoms with van der Waals surface area (Å²) in [4.78, 5) is 29.8. The molecule has 15 heteroatoms. The van der Waals surface area contributed by atoms with Crippen molar-refractivity contribution in [2.24, 2.45) is 0 Å². The van der Waals surface area contributed by atoms with E-state index in [4.69, 9.17) is 20.3 Å². The molecule has 1 saturated heterocycles. The molecule has 1 aliphatic rings. The summed E-state index contributed by atoms with van der Waals surface area (Å²) >= 11 is 4.29. The number of fused-ring (bicyclic) bond motifs is 1. The summed E-state index contributed by atoms with van der Waals surface area (Å²) in [7, 11) is 0. The molecule has 0 aromatic carbocycles. The molecule has 0 aliphatic carbocycles. The first kappa shape index (κ1) is 23.8. The van der Waals surface area contributed by atoms with Crippen LogP contribution in [0.15, 0.2) is 12.7 Å². The number of hydrogen-bond acceptors (Lipinski definition) is 9. The van der Waals surface area contributed by atoms with Gasteiger partial charge in [0.05, 0.1) is 19.0 Å². The zero-order valence-corrected chi connectivity index (χ0v) is 19.1. The molecular weight excluding hydrogens is 395 g/mol. The maximum absolute atomic E-state index is 12.2. The van der Waals surface area contributed by atoms with Gasteiger partial charge in [0.25, 0.3) is 0 Å². The Kier molecular flexibility index (Phi) is 8.86. The van der Waals surface area contributed by atoms with E-state index in [1.807, 2.05) is 0 Å². The summed E-state index contributed by atoms with van der Waals surface area (Å²) in [6, 6.07) is 0. The second kappa shape index (κ2) is 9.30. The topological polar surface area (TPSA) is 175 Å². The summed E-state index contributed by atoms with van der Waals surface area (Å²) in [5, 5.41) is 24.2. The average molecular weight is 407 g/mol. The second-order valence-electron chi connectivity index (χ2n) is 4.86. The first-order valence-electron chi connectivity index (χ1n) is 6.38. The van der Waals surface area contributed by atoms with Crippen LogP contribution in [0.25, 0.3) is 11.2 Å². The van der Waals surface area contributed by atoms with Gasteiger partial charge in [0.2, 0.25) is 0 Å². The average Bonchev–Trinajstić information content (AvgIpc) is 3.01. The van der Waals surface area contributed by atoms with Crippen LogP contribution in [0, 0.1) is 0 Å². The maximum Gasteiger partial charge on any atom is 1.00 e. The first-order chi connectivity index (χ1) is 10.8. The van der Waals surface area contributed by atoms with E-state index in [-0.39, 0.29) is 76.1 Å². The van der Waals surface area contributed by atoms with Gasteiger partial charge in [-0.1, -0.05) is 6.10 Å². The Bertz CT molecular complexity index is 777. The van der Waals surface area contributed by atoms with Gasteiger partial charge in [-0.25, -0.2) is 15.0 Å². The Balaban J connectivity index is 0.00000156. The summed E-state index contributed by atoms with van der Waals surface area (Å²) < 4.78 is 11.3. The van der Waals surface area contributed by atoms with Crippen LogP contribution in [0.5, 0.6) is 0 Å². The summed E-state index contributed by atoms with van der Waals surface area (Å²) in [6.07, 6.45) is -3.23. The van der Waals surface area contributed by atoms with Gasteiger partial charge < -0.3 is 35.0 Å². The molecule has 0 unspecified atom stereocenters. The number of ether oxygens (including phenoxy) is 1. The predicted molar refractivity (Wildman–Crippen MR) is 75.9 cm³/mol. The van der Waals surface area contributed by atoms with Crippen molar-refractivity contribution >= 4 is 35.5 Å². The Morgan fingerprint density at radius 3 is 2.60 bits per heavy atom. The molecule has 1 aliphatic heterocycles. The molecule has 126 valence electrons. The molecule has 0 saturated carbocycles. The Hall–Kier alpha value is 0.760. The van der Waals surface area contributed by atoms with E-state index >= 15 is 0 Å². The van der Waals surface area contributed by atoms with Gasteiger partial charge in [0.1, 0.15) is 18.1 Å². The predicted octanol–water partition coefficient (Wildman–Crippen LogP) is -9.00. The van der Waals surface area contributed by atoms with Gasteiger partial charge in [-0.2, -0.15) is 0 Å². The SMILES string of the molecule is Nc1ncnc2c1ncn2[C@@H]1O[C@H](COP(O)(O)=S)[C@@H]([O-])[C@H]1[O-].[Na+].[Na+]. The minimum absolute atomic E-state index is 0. The van der Waals surface area contributed by atoms with Crippen LogP contribution in [0.4, 0.5) is 5.82 Å². The molecule has 0 amide bonds. The fraction of sp³-hybridized carbons (Fsp3) is 0.500. The molecular formula is C10H12N5Na2O6PS. The van der Waals surface area contributed by atoms with Gasteiger partial charge in [-0.15, -0.1) is 6.10 Å². The largest absolute Gasteiger partial charge is 1.00 e. The van der Waals surface area contributed by atoms with Crippen molar-refractivity contribution in [2.75, 3.05) is 12.3 Å². The summed E-state index contributed by atoms with van der Waals surface area (Å²) in [5.74, 6) is 0.133. The van der Waals surface area contributed by atoms with Gasteiger partial charge in [0.15, 0.2) is 11.5 Å². The normalized spacial score (nSPS) is 26.2. The monoisotopic (exact) mass is 407 g/mol. The molecule has 25 heavy (non-hydrogen) atoms. The van der Waals surface area contributed by atoms with Gasteiger partial charge >= 0.3 is 65.8 Å². The third-order valence-corrected chi connectivity index (χ3v) is 4.16. The zero-order chi connectivity index (χ0) is 16.8. The third kappa shape index (κ3) is 5.18. The molecule has 2 aromatic heterocycles. The van der Waals surface area contributed by atoms with Crippen molar-refractivity contribution in [3.63, 3.8) is 0 Å². The molecule has 4 atom stereocenters. The van der Waals surface area contributed by atoms with Crippen LogP contribution in [0.3, 0.4) is 0 Å². The van der Waals surface area contributed by atoms with Crippen LogP contribution >= 0.6 is 6.72 Å². The molecule has 0 spiro atoms. The van der Waals surface area contributed by atoms with E-state index in [2.05, 4.69) is 31.3 Å². The quantitative estimate of drug-likeness (QED) is 0.324. The minimum atomic E-state index is -3.93. The van der Waals surface area contributed by atoms with E-state index in [1.165, 1.54) is 17.2 Å². The van der Waals surface area contributed by atoms with Crippen LogP contribution in [0.2, 0.25) is 0 Å². The second-order valence-corrected chi connectivity index (χ2v) is 7.53. The van der Waals surface area contributed by atoms with Crippen molar-refractivity contribution in [1.29, 1.82) is 0 Å².